The van der Waals surface area contributed by atoms with Gasteiger partial charge in [-0.05, 0) is 42.7 Å². The molecule has 1 fully saturated rings. The molecule has 0 saturated heterocycles. The molecule has 0 spiro atoms. The molecule has 2 unspecified atom stereocenters. The molecule has 2 aromatic rings. The normalized spacial score (nSPS) is 20.1. The summed E-state index contributed by atoms with van der Waals surface area (Å²) in [5, 5.41) is 0. The summed E-state index contributed by atoms with van der Waals surface area (Å²) in [6.45, 7) is 2.20. The minimum absolute atomic E-state index is 0.395. The van der Waals surface area contributed by atoms with E-state index in [2.05, 4.69) is 6.92 Å². The molecule has 0 radical (unpaired) electrons. The second kappa shape index (κ2) is 6.10. The smallest absolute Gasteiger partial charge is 0.336 e. The van der Waals surface area contributed by atoms with Crippen LogP contribution in [0.25, 0.3) is 6.08 Å². The Morgan fingerprint density at radius 3 is 2.64 bits per heavy atom. The largest absolute Gasteiger partial charge is 0.493 e. The third-order valence-electron chi connectivity index (χ3n) is 3.79. The van der Waals surface area contributed by atoms with E-state index in [1.165, 1.54) is 19.6 Å². The standard InChI is InChI=1S/C18H18O4/c1-12-11-14(12)15-9-7-13(21-15)8-10-18(19)22-17-6-4-3-5-16(17)20-2/h3-10,12,14H,11H2,1-2H3/b10-8+. The van der Waals surface area contributed by atoms with Crippen molar-refractivity contribution in [1.82, 2.24) is 0 Å². The molecule has 1 aliphatic rings. The lowest BCUT2D eigenvalue weighted by molar-refractivity contribution is -0.129. The zero-order valence-corrected chi connectivity index (χ0v) is 12.6. The van der Waals surface area contributed by atoms with Gasteiger partial charge < -0.3 is 13.9 Å². The average molecular weight is 298 g/mol. The van der Waals surface area contributed by atoms with Gasteiger partial charge in [0.15, 0.2) is 11.5 Å². The first kappa shape index (κ1) is 14.4. The summed E-state index contributed by atoms with van der Waals surface area (Å²) in [6, 6.07) is 10.9. The second-order valence-electron chi connectivity index (χ2n) is 5.46. The Labute approximate surface area is 129 Å². The molecule has 0 amide bonds. The highest BCUT2D eigenvalue weighted by Gasteiger charge is 2.36. The van der Waals surface area contributed by atoms with Crippen LogP contribution in [0.15, 0.2) is 46.9 Å². The van der Waals surface area contributed by atoms with E-state index in [0.717, 1.165) is 5.76 Å². The number of carbonyl (C=O) groups excluding carboxylic acids is 1. The molecule has 1 saturated carbocycles. The maximum absolute atomic E-state index is 11.9. The van der Waals surface area contributed by atoms with Crippen molar-refractivity contribution < 1.29 is 18.7 Å². The molecule has 4 heteroatoms. The van der Waals surface area contributed by atoms with Crippen LogP contribution in [-0.4, -0.2) is 13.1 Å². The molecule has 114 valence electrons. The van der Waals surface area contributed by atoms with Gasteiger partial charge in [0.05, 0.1) is 7.11 Å². The Bertz CT molecular complexity index is 699. The maximum Gasteiger partial charge on any atom is 0.336 e. The van der Waals surface area contributed by atoms with Gasteiger partial charge in [-0.25, -0.2) is 4.79 Å². The van der Waals surface area contributed by atoms with Gasteiger partial charge in [0.1, 0.15) is 11.5 Å². The number of methoxy groups -OCH3 is 1. The summed E-state index contributed by atoms with van der Waals surface area (Å²) in [5.41, 5.74) is 0. The van der Waals surface area contributed by atoms with Crippen molar-refractivity contribution >= 4 is 12.0 Å². The summed E-state index contributed by atoms with van der Waals surface area (Å²) in [5.74, 6) is 3.32. The summed E-state index contributed by atoms with van der Waals surface area (Å²) in [6.07, 6.45) is 4.15. The van der Waals surface area contributed by atoms with Crippen molar-refractivity contribution in [1.29, 1.82) is 0 Å². The van der Waals surface area contributed by atoms with Gasteiger partial charge in [-0.3, -0.25) is 0 Å². The lowest BCUT2D eigenvalue weighted by Crippen LogP contribution is -2.04. The summed E-state index contributed by atoms with van der Waals surface area (Å²) < 4.78 is 16.1. The predicted octanol–water partition coefficient (Wildman–Crippen LogP) is 4.03. The van der Waals surface area contributed by atoms with Crippen LogP contribution < -0.4 is 9.47 Å². The van der Waals surface area contributed by atoms with Crippen LogP contribution in [0.1, 0.15) is 30.8 Å². The molecule has 0 bridgehead atoms. The van der Waals surface area contributed by atoms with Gasteiger partial charge >= 0.3 is 5.97 Å². The molecule has 2 atom stereocenters. The minimum Gasteiger partial charge on any atom is -0.493 e. The molecule has 1 aliphatic carbocycles. The van der Waals surface area contributed by atoms with E-state index >= 15 is 0 Å². The number of hydrogen-bond donors (Lipinski definition) is 0. The molecule has 3 rings (SSSR count). The van der Waals surface area contributed by atoms with E-state index in [-0.39, 0.29) is 0 Å². The Morgan fingerprint density at radius 1 is 1.23 bits per heavy atom. The van der Waals surface area contributed by atoms with Gasteiger partial charge in [0, 0.05) is 12.0 Å². The first-order chi connectivity index (χ1) is 10.7. The lowest BCUT2D eigenvalue weighted by atomic mass is 10.3. The molecular weight excluding hydrogens is 280 g/mol. The predicted molar refractivity (Wildman–Crippen MR) is 82.9 cm³/mol. The number of para-hydroxylation sites is 2. The van der Waals surface area contributed by atoms with Gasteiger partial charge in [0.25, 0.3) is 0 Å². The average Bonchev–Trinajstić information content (AvgIpc) is 3.07. The summed E-state index contributed by atoms with van der Waals surface area (Å²) in [7, 11) is 1.53. The van der Waals surface area contributed by atoms with Gasteiger partial charge in [-0.15, -0.1) is 0 Å². The number of furan rings is 1. The summed E-state index contributed by atoms with van der Waals surface area (Å²) in [4.78, 5) is 11.9. The van der Waals surface area contributed by atoms with Crippen LogP contribution in [0, 0.1) is 5.92 Å². The molecule has 1 aromatic heterocycles. The molecule has 1 heterocycles. The SMILES string of the molecule is COc1ccccc1OC(=O)/C=C/c1ccc(C2CC2C)o1. The Balaban J connectivity index is 1.62. The monoisotopic (exact) mass is 298 g/mol. The van der Waals surface area contributed by atoms with E-state index in [4.69, 9.17) is 13.9 Å². The molecule has 0 aliphatic heterocycles. The zero-order chi connectivity index (χ0) is 15.5. The molecule has 4 nitrogen and oxygen atoms in total. The fourth-order valence-corrected chi connectivity index (χ4v) is 2.37. The highest BCUT2D eigenvalue weighted by molar-refractivity contribution is 5.88. The van der Waals surface area contributed by atoms with Crippen molar-refractivity contribution in [2.45, 2.75) is 19.3 Å². The van der Waals surface area contributed by atoms with E-state index in [1.54, 1.807) is 24.3 Å². The van der Waals surface area contributed by atoms with Gasteiger partial charge in [-0.2, -0.15) is 0 Å². The van der Waals surface area contributed by atoms with Crippen LogP contribution in [0.2, 0.25) is 0 Å². The van der Waals surface area contributed by atoms with Crippen molar-refractivity contribution in [3.63, 3.8) is 0 Å². The van der Waals surface area contributed by atoms with Crippen molar-refractivity contribution in [2.75, 3.05) is 7.11 Å². The first-order valence-electron chi connectivity index (χ1n) is 7.30. The molecule has 22 heavy (non-hydrogen) atoms. The van der Waals surface area contributed by atoms with Crippen LogP contribution >= 0.6 is 0 Å². The molecular formula is C18H18O4. The number of esters is 1. The fourth-order valence-electron chi connectivity index (χ4n) is 2.37. The highest BCUT2D eigenvalue weighted by Crippen LogP contribution is 2.47. The number of benzene rings is 1. The number of ether oxygens (including phenoxy) is 2. The van der Waals surface area contributed by atoms with Gasteiger partial charge in [-0.1, -0.05) is 19.1 Å². The van der Waals surface area contributed by atoms with Crippen molar-refractivity contribution in [2.24, 2.45) is 5.92 Å². The minimum atomic E-state index is -0.470. The number of hydrogen-bond acceptors (Lipinski definition) is 4. The molecule has 0 N–H and O–H groups in total. The van der Waals surface area contributed by atoms with E-state index in [1.807, 2.05) is 18.2 Å². The number of rotatable bonds is 5. The maximum atomic E-state index is 11.9. The van der Waals surface area contributed by atoms with Crippen LogP contribution in [0.4, 0.5) is 0 Å². The Kier molecular flexibility index (Phi) is 4.00. The quantitative estimate of drug-likeness (QED) is 0.475. The third kappa shape index (κ3) is 3.22. The van der Waals surface area contributed by atoms with Crippen molar-refractivity contribution in [3.8, 4) is 11.5 Å². The molecule has 1 aromatic carbocycles. The Morgan fingerprint density at radius 2 is 1.95 bits per heavy atom. The third-order valence-corrected chi connectivity index (χ3v) is 3.79. The fraction of sp³-hybridized carbons (Fsp3) is 0.278. The Hall–Kier alpha value is -2.49. The van der Waals surface area contributed by atoms with E-state index in [0.29, 0.717) is 29.1 Å². The second-order valence-corrected chi connectivity index (χ2v) is 5.46. The van der Waals surface area contributed by atoms with E-state index in [9.17, 15) is 4.79 Å². The van der Waals surface area contributed by atoms with Crippen LogP contribution in [0.3, 0.4) is 0 Å². The number of carbonyl (C=O) groups is 1. The highest BCUT2D eigenvalue weighted by atomic mass is 16.6. The van der Waals surface area contributed by atoms with Crippen LogP contribution in [0.5, 0.6) is 11.5 Å². The lowest BCUT2D eigenvalue weighted by Gasteiger charge is -2.06. The van der Waals surface area contributed by atoms with Gasteiger partial charge in [0.2, 0.25) is 0 Å². The zero-order valence-electron chi connectivity index (χ0n) is 12.6. The van der Waals surface area contributed by atoms with E-state index < -0.39 is 5.97 Å². The van der Waals surface area contributed by atoms with Crippen LogP contribution in [-0.2, 0) is 4.79 Å². The summed E-state index contributed by atoms with van der Waals surface area (Å²) >= 11 is 0. The first-order valence-corrected chi connectivity index (χ1v) is 7.30. The van der Waals surface area contributed by atoms with Crippen molar-refractivity contribution in [3.05, 3.63) is 54.0 Å². The topological polar surface area (TPSA) is 48.7 Å².